The monoisotopic (exact) mass is 309 g/mol. The lowest BCUT2D eigenvalue weighted by Crippen LogP contribution is -2.27. The van der Waals surface area contributed by atoms with E-state index in [1.54, 1.807) is 45.0 Å². The number of nitrogens with zero attached hydrogens (tertiary/aromatic N) is 1. The van der Waals surface area contributed by atoms with Gasteiger partial charge in [0.05, 0.1) is 10.7 Å². The number of carbonyl (C=O) groups excluding carboxylic acids is 1. The number of hydrogen-bond donors (Lipinski definition) is 2. The zero-order valence-corrected chi connectivity index (χ0v) is 12.7. The first-order valence-electron chi connectivity index (χ1n) is 6.27. The maximum Gasteiger partial charge on any atom is 0.412 e. The first kappa shape index (κ1) is 15.2. The van der Waals surface area contributed by atoms with Gasteiger partial charge in [0.25, 0.3) is 0 Å². The Morgan fingerprint density at radius 2 is 2.10 bits per heavy atom. The van der Waals surface area contributed by atoms with Crippen molar-refractivity contribution in [2.75, 3.05) is 11.1 Å². The third kappa shape index (κ3) is 4.13. The molecule has 0 aliphatic carbocycles. The van der Waals surface area contributed by atoms with E-state index in [9.17, 15) is 4.79 Å². The molecule has 0 atom stereocenters. The summed E-state index contributed by atoms with van der Waals surface area (Å²) in [6.45, 7) is 5.34. The van der Waals surface area contributed by atoms with Crippen LogP contribution in [0.2, 0.25) is 5.02 Å². The first-order chi connectivity index (χ1) is 9.74. The predicted octanol–water partition coefficient (Wildman–Crippen LogP) is 3.92. The number of nitrogens with two attached hydrogens (primary N) is 1. The minimum atomic E-state index is -0.590. The second-order valence-corrected chi connectivity index (χ2v) is 5.84. The average Bonchev–Trinajstić information content (AvgIpc) is 2.76. The van der Waals surface area contributed by atoms with Gasteiger partial charge >= 0.3 is 6.09 Å². The van der Waals surface area contributed by atoms with Crippen LogP contribution in [-0.2, 0) is 4.74 Å². The predicted molar refractivity (Wildman–Crippen MR) is 81.2 cm³/mol. The van der Waals surface area contributed by atoms with E-state index in [1.807, 2.05) is 0 Å². The summed E-state index contributed by atoms with van der Waals surface area (Å²) >= 11 is 6.06. The molecule has 0 saturated carbocycles. The molecule has 1 amide bonds. The third-order valence-electron chi connectivity index (χ3n) is 2.41. The van der Waals surface area contributed by atoms with E-state index in [4.69, 9.17) is 26.6 Å². The highest BCUT2D eigenvalue weighted by Gasteiger charge is 2.17. The molecule has 0 fully saturated rings. The fourth-order valence-electron chi connectivity index (χ4n) is 1.61. The van der Waals surface area contributed by atoms with Crippen molar-refractivity contribution >= 4 is 29.2 Å². The van der Waals surface area contributed by atoms with Gasteiger partial charge < -0.3 is 15.0 Å². The average molecular weight is 310 g/mol. The van der Waals surface area contributed by atoms with Crippen molar-refractivity contribution in [1.29, 1.82) is 0 Å². The molecule has 112 valence electrons. The molecule has 0 aliphatic rings. The van der Waals surface area contributed by atoms with Gasteiger partial charge in [-0.25, -0.2) is 4.79 Å². The Labute approximate surface area is 127 Å². The molecule has 6 nitrogen and oxygen atoms in total. The zero-order valence-electron chi connectivity index (χ0n) is 11.9. The Hall–Kier alpha value is -2.21. The van der Waals surface area contributed by atoms with Gasteiger partial charge in [0.1, 0.15) is 5.60 Å². The summed E-state index contributed by atoms with van der Waals surface area (Å²) < 4.78 is 10.3. The molecule has 0 unspecified atom stereocenters. The van der Waals surface area contributed by atoms with Crippen LogP contribution in [0.5, 0.6) is 0 Å². The minimum absolute atomic E-state index is 0.279. The highest BCUT2D eigenvalue weighted by molar-refractivity contribution is 6.33. The van der Waals surface area contributed by atoms with Gasteiger partial charge in [0, 0.05) is 11.6 Å². The van der Waals surface area contributed by atoms with E-state index in [1.165, 1.54) is 0 Å². The normalized spacial score (nSPS) is 11.2. The molecular formula is C14H16ClN3O3. The van der Waals surface area contributed by atoms with E-state index in [2.05, 4.69) is 10.5 Å². The quantitative estimate of drug-likeness (QED) is 0.877. The van der Waals surface area contributed by atoms with Crippen LogP contribution in [-0.4, -0.2) is 16.9 Å². The maximum absolute atomic E-state index is 11.8. The first-order valence-corrected chi connectivity index (χ1v) is 6.64. The van der Waals surface area contributed by atoms with E-state index >= 15 is 0 Å². The molecular weight excluding hydrogens is 294 g/mol. The van der Waals surface area contributed by atoms with Crippen molar-refractivity contribution in [3.8, 4) is 11.3 Å². The number of aromatic nitrogens is 1. The fraction of sp³-hybridized carbons (Fsp3) is 0.286. The van der Waals surface area contributed by atoms with Crippen LogP contribution in [0.3, 0.4) is 0 Å². The molecule has 1 aromatic heterocycles. The van der Waals surface area contributed by atoms with E-state index in [-0.39, 0.29) is 5.82 Å². The number of rotatable bonds is 2. The van der Waals surface area contributed by atoms with Gasteiger partial charge in [-0.3, -0.25) is 5.32 Å². The maximum atomic E-state index is 11.8. The molecule has 0 aliphatic heterocycles. The summed E-state index contributed by atoms with van der Waals surface area (Å²) in [5, 5.41) is 6.60. The lowest BCUT2D eigenvalue weighted by molar-refractivity contribution is 0.0636. The van der Waals surface area contributed by atoms with Crippen molar-refractivity contribution in [2.24, 2.45) is 0 Å². The molecule has 7 heteroatoms. The van der Waals surface area contributed by atoms with Gasteiger partial charge in [0.2, 0.25) is 0 Å². The highest BCUT2D eigenvalue weighted by Crippen LogP contribution is 2.30. The van der Waals surface area contributed by atoms with E-state index < -0.39 is 11.7 Å². The van der Waals surface area contributed by atoms with Crippen LogP contribution in [0.15, 0.2) is 28.8 Å². The summed E-state index contributed by atoms with van der Waals surface area (Å²) in [7, 11) is 0. The van der Waals surface area contributed by atoms with Crippen LogP contribution in [0, 0.1) is 0 Å². The van der Waals surface area contributed by atoms with E-state index in [0.29, 0.717) is 22.0 Å². The number of carbonyl (C=O) groups is 1. The summed E-state index contributed by atoms with van der Waals surface area (Å²) in [5.41, 5.74) is 6.03. The third-order valence-corrected chi connectivity index (χ3v) is 2.74. The lowest BCUT2D eigenvalue weighted by atomic mass is 10.1. The number of anilines is 2. The number of amides is 1. The van der Waals surface area contributed by atoms with Gasteiger partial charge in [-0.2, -0.15) is 0 Å². The second-order valence-electron chi connectivity index (χ2n) is 5.44. The molecule has 2 aromatic rings. The molecule has 1 aromatic carbocycles. The van der Waals surface area contributed by atoms with Crippen molar-refractivity contribution in [1.82, 2.24) is 5.16 Å². The summed E-state index contributed by atoms with van der Waals surface area (Å²) in [6, 6.07) is 6.62. The SMILES string of the molecule is CC(C)(C)OC(=O)Nc1cc(-c2cc(N)no2)ccc1Cl. The Morgan fingerprint density at radius 3 is 2.67 bits per heavy atom. The number of ether oxygens (including phenoxy) is 1. The Kier molecular flexibility index (Phi) is 4.09. The molecule has 21 heavy (non-hydrogen) atoms. The largest absolute Gasteiger partial charge is 0.444 e. The molecule has 0 radical (unpaired) electrons. The fourth-order valence-corrected chi connectivity index (χ4v) is 1.78. The van der Waals surface area contributed by atoms with Crippen LogP contribution in [0.1, 0.15) is 20.8 Å². The Balaban J connectivity index is 2.22. The molecule has 1 heterocycles. The standard InChI is InChI=1S/C14H16ClN3O3/c1-14(2,3)20-13(19)17-10-6-8(4-5-9(10)15)11-7-12(16)18-21-11/h4-7H,1-3H3,(H2,16,18)(H,17,19). The highest BCUT2D eigenvalue weighted by atomic mass is 35.5. The number of nitrogen functional groups attached to an aromatic ring is 1. The molecule has 2 rings (SSSR count). The topological polar surface area (TPSA) is 90.4 Å². The van der Waals surface area contributed by atoms with Crippen LogP contribution in [0.4, 0.5) is 16.3 Å². The van der Waals surface area contributed by atoms with Gasteiger partial charge in [-0.05, 0) is 39.0 Å². The van der Waals surface area contributed by atoms with Crippen molar-refractivity contribution in [2.45, 2.75) is 26.4 Å². The molecule has 0 bridgehead atoms. The number of nitrogens with one attached hydrogen (secondary N) is 1. The second kappa shape index (κ2) is 5.65. The smallest absolute Gasteiger partial charge is 0.412 e. The lowest BCUT2D eigenvalue weighted by Gasteiger charge is -2.20. The van der Waals surface area contributed by atoms with Gasteiger partial charge in [-0.15, -0.1) is 0 Å². The number of benzene rings is 1. The van der Waals surface area contributed by atoms with Gasteiger partial charge in [-0.1, -0.05) is 16.8 Å². The zero-order chi connectivity index (χ0) is 15.6. The summed E-state index contributed by atoms with van der Waals surface area (Å²) in [5.74, 6) is 0.762. The Morgan fingerprint density at radius 1 is 1.38 bits per heavy atom. The van der Waals surface area contributed by atoms with Crippen LogP contribution >= 0.6 is 11.6 Å². The molecule has 0 spiro atoms. The number of hydrogen-bond acceptors (Lipinski definition) is 5. The number of halogens is 1. The van der Waals surface area contributed by atoms with Crippen molar-refractivity contribution < 1.29 is 14.1 Å². The van der Waals surface area contributed by atoms with Crippen molar-refractivity contribution in [3.05, 3.63) is 29.3 Å². The minimum Gasteiger partial charge on any atom is -0.444 e. The van der Waals surface area contributed by atoms with Crippen molar-refractivity contribution in [3.63, 3.8) is 0 Å². The van der Waals surface area contributed by atoms with Crippen LogP contribution < -0.4 is 11.1 Å². The molecule has 0 saturated heterocycles. The summed E-state index contributed by atoms with van der Waals surface area (Å²) in [4.78, 5) is 11.8. The Bertz CT molecular complexity index is 662. The van der Waals surface area contributed by atoms with E-state index in [0.717, 1.165) is 0 Å². The molecule has 3 N–H and O–H groups in total. The summed E-state index contributed by atoms with van der Waals surface area (Å²) in [6.07, 6.45) is -0.585. The van der Waals surface area contributed by atoms with Crippen LogP contribution in [0.25, 0.3) is 11.3 Å². The van der Waals surface area contributed by atoms with Gasteiger partial charge in [0.15, 0.2) is 11.6 Å².